The average Bonchev–Trinajstić information content (AvgIpc) is 2.78. The van der Waals surface area contributed by atoms with E-state index >= 15 is 0 Å². The van der Waals surface area contributed by atoms with Gasteiger partial charge < -0.3 is 10.2 Å². The van der Waals surface area contributed by atoms with Gasteiger partial charge in [0.25, 0.3) is 0 Å². The molecule has 0 radical (unpaired) electrons. The van der Waals surface area contributed by atoms with Crippen LogP contribution in [-0.4, -0.2) is 24.0 Å². The number of rotatable bonds is 4. The van der Waals surface area contributed by atoms with Crippen LogP contribution in [0.25, 0.3) is 0 Å². The monoisotopic (exact) mass is 264 g/mol. The second kappa shape index (κ2) is 7.11. The van der Waals surface area contributed by atoms with Crippen molar-refractivity contribution in [1.29, 1.82) is 0 Å². The topological polar surface area (TPSA) is 42.4 Å². The van der Waals surface area contributed by atoms with Crippen molar-refractivity contribution in [2.45, 2.75) is 64.5 Å². The standard InChI is InChI=1S/C16H28N2O/c1-3-14(17)16(15-10-9-13(2)19-15)18-11-7-5-4-6-8-12-18/h9-10,14,16H,3-8,11-12,17H2,1-2H3. The first kappa shape index (κ1) is 14.6. The van der Waals surface area contributed by atoms with Gasteiger partial charge in [0.05, 0.1) is 6.04 Å². The van der Waals surface area contributed by atoms with Crippen LogP contribution in [0, 0.1) is 6.92 Å². The SMILES string of the molecule is CCC(N)C(c1ccc(C)o1)N1CCCCCCC1. The number of likely N-dealkylation sites (tertiary alicyclic amines) is 1. The number of hydrogen-bond acceptors (Lipinski definition) is 3. The fraction of sp³-hybridized carbons (Fsp3) is 0.750. The van der Waals surface area contributed by atoms with E-state index in [2.05, 4.69) is 24.0 Å². The summed E-state index contributed by atoms with van der Waals surface area (Å²) < 4.78 is 5.87. The lowest BCUT2D eigenvalue weighted by molar-refractivity contribution is 0.135. The zero-order valence-corrected chi connectivity index (χ0v) is 12.4. The van der Waals surface area contributed by atoms with Crippen molar-refractivity contribution < 1.29 is 4.42 Å². The molecule has 0 saturated carbocycles. The number of nitrogens with two attached hydrogens (primary N) is 1. The van der Waals surface area contributed by atoms with Crippen molar-refractivity contribution in [3.63, 3.8) is 0 Å². The van der Waals surface area contributed by atoms with Gasteiger partial charge in [0, 0.05) is 6.04 Å². The fourth-order valence-electron chi connectivity index (χ4n) is 3.05. The van der Waals surface area contributed by atoms with Gasteiger partial charge in [0.2, 0.25) is 0 Å². The molecule has 2 unspecified atom stereocenters. The Labute approximate surface area is 117 Å². The molecule has 3 heteroatoms. The minimum absolute atomic E-state index is 0.157. The Morgan fingerprint density at radius 1 is 1.16 bits per heavy atom. The Morgan fingerprint density at radius 2 is 1.79 bits per heavy atom. The van der Waals surface area contributed by atoms with Crippen molar-refractivity contribution in [3.05, 3.63) is 23.7 Å². The third-order valence-electron chi connectivity index (χ3n) is 4.21. The number of furan rings is 1. The maximum absolute atomic E-state index is 6.38. The Hall–Kier alpha value is -0.800. The molecular formula is C16H28N2O. The first-order valence-corrected chi connectivity index (χ1v) is 7.78. The van der Waals surface area contributed by atoms with Crippen molar-refractivity contribution in [3.8, 4) is 0 Å². The minimum Gasteiger partial charge on any atom is -0.465 e. The molecule has 1 saturated heterocycles. The predicted molar refractivity (Wildman–Crippen MR) is 79.1 cm³/mol. The normalized spacial score (nSPS) is 21.6. The first-order chi connectivity index (χ1) is 9.22. The van der Waals surface area contributed by atoms with Crippen LogP contribution < -0.4 is 5.73 Å². The minimum atomic E-state index is 0.157. The van der Waals surface area contributed by atoms with E-state index in [4.69, 9.17) is 10.2 Å². The third kappa shape index (κ3) is 3.83. The first-order valence-electron chi connectivity index (χ1n) is 7.78. The summed E-state index contributed by atoms with van der Waals surface area (Å²) in [5.41, 5.74) is 6.38. The number of aryl methyl sites for hydroxylation is 1. The predicted octanol–water partition coefficient (Wildman–Crippen LogP) is 3.63. The molecule has 0 spiro atoms. The summed E-state index contributed by atoms with van der Waals surface area (Å²) in [6.07, 6.45) is 7.64. The van der Waals surface area contributed by atoms with Crippen LogP contribution in [0.2, 0.25) is 0 Å². The van der Waals surface area contributed by atoms with Crippen LogP contribution in [0.3, 0.4) is 0 Å². The summed E-state index contributed by atoms with van der Waals surface area (Å²) in [5, 5.41) is 0. The van der Waals surface area contributed by atoms with Gasteiger partial charge in [-0.2, -0.15) is 0 Å². The third-order valence-corrected chi connectivity index (χ3v) is 4.21. The van der Waals surface area contributed by atoms with E-state index in [1.165, 1.54) is 32.1 Å². The molecular weight excluding hydrogens is 236 g/mol. The maximum atomic E-state index is 6.38. The Morgan fingerprint density at radius 3 is 2.32 bits per heavy atom. The van der Waals surface area contributed by atoms with Gasteiger partial charge >= 0.3 is 0 Å². The van der Waals surface area contributed by atoms with Gasteiger partial charge in [-0.25, -0.2) is 0 Å². The number of nitrogens with zero attached hydrogens (tertiary/aromatic N) is 1. The molecule has 19 heavy (non-hydrogen) atoms. The molecule has 2 atom stereocenters. The van der Waals surface area contributed by atoms with Crippen molar-refractivity contribution >= 4 is 0 Å². The molecule has 1 fully saturated rings. The summed E-state index contributed by atoms with van der Waals surface area (Å²) in [6.45, 7) is 6.47. The van der Waals surface area contributed by atoms with Crippen molar-refractivity contribution in [2.24, 2.45) is 5.73 Å². The van der Waals surface area contributed by atoms with Crippen LogP contribution in [0.15, 0.2) is 16.5 Å². The highest BCUT2D eigenvalue weighted by atomic mass is 16.3. The van der Waals surface area contributed by atoms with E-state index in [-0.39, 0.29) is 12.1 Å². The molecule has 0 aromatic carbocycles. The summed E-state index contributed by atoms with van der Waals surface area (Å²) in [7, 11) is 0. The lowest BCUT2D eigenvalue weighted by atomic mass is 9.99. The molecule has 2 N–H and O–H groups in total. The van der Waals surface area contributed by atoms with Crippen molar-refractivity contribution in [1.82, 2.24) is 4.90 Å². The molecule has 1 aromatic heterocycles. The van der Waals surface area contributed by atoms with Gasteiger partial charge in [-0.05, 0) is 51.4 Å². The van der Waals surface area contributed by atoms with E-state index < -0.39 is 0 Å². The van der Waals surface area contributed by atoms with Crippen molar-refractivity contribution in [2.75, 3.05) is 13.1 Å². The van der Waals surface area contributed by atoms with E-state index in [9.17, 15) is 0 Å². The Balaban J connectivity index is 2.15. The summed E-state index contributed by atoms with van der Waals surface area (Å²) >= 11 is 0. The summed E-state index contributed by atoms with van der Waals surface area (Å²) in [4.78, 5) is 2.55. The molecule has 2 heterocycles. The van der Waals surface area contributed by atoms with Gasteiger partial charge in [0.15, 0.2) is 0 Å². The number of hydrogen-bond donors (Lipinski definition) is 1. The zero-order chi connectivity index (χ0) is 13.7. The van der Waals surface area contributed by atoms with Gasteiger partial charge in [-0.1, -0.05) is 26.2 Å². The molecule has 1 aliphatic rings. The molecule has 0 aliphatic carbocycles. The summed E-state index contributed by atoms with van der Waals surface area (Å²) in [6, 6.07) is 4.56. The lowest BCUT2D eigenvalue weighted by Crippen LogP contribution is -2.42. The molecule has 108 valence electrons. The van der Waals surface area contributed by atoms with Gasteiger partial charge in [0.1, 0.15) is 11.5 Å². The zero-order valence-electron chi connectivity index (χ0n) is 12.4. The maximum Gasteiger partial charge on any atom is 0.122 e. The van der Waals surface area contributed by atoms with Crippen LogP contribution in [0.1, 0.15) is 63.0 Å². The molecule has 1 aromatic rings. The highest BCUT2D eigenvalue weighted by molar-refractivity contribution is 5.12. The second-order valence-corrected chi connectivity index (χ2v) is 5.77. The highest BCUT2D eigenvalue weighted by Crippen LogP contribution is 2.28. The Bertz CT molecular complexity index is 367. The highest BCUT2D eigenvalue weighted by Gasteiger charge is 2.28. The van der Waals surface area contributed by atoms with Gasteiger partial charge in [-0.3, -0.25) is 4.90 Å². The lowest BCUT2D eigenvalue weighted by Gasteiger charge is -2.35. The van der Waals surface area contributed by atoms with Gasteiger partial charge in [-0.15, -0.1) is 0 Å². The Kier molecular flexibility index (Phi) is 5.46. The smallest absolute Gasteiger partial charge is 0.122 e. The molecule has 2 rings (SSSR count). The molecule has 0 amide bonds. The van der Waals surface area contributed by atoms with Crippen LogP contribution in [0.5, 0.6) is 0 Å². The van der Waals surface area contributed by atoms with E-state index in [0.29, 0.717) is 0 Å². The fourth-order valence-corrected chi connectivity index (χ4v) is 3.05. The molecule has 3 nitrogen and oxygen atoms in total. The second-order valence-electron chi connectivity index (χ2n) is 5.77. The molecule has 1 aliphatic heterocycles. The van der Waals surface area contributed by atoms with E-state index in [1.54, 1.807) is 0 Å². The van der Waals surface area contributed by atoms with Crippen LogP contribution in [-0.2, 0) is 0 Å². The largest absolute Gasteiger partial charge is 0.465 e. The quantitative estimate of drug-likeness (QED) is 0.903. The molecule has 0 bridgehead atoms. The van der Waals surface area contributed by atoms with Crippen LogP contribution >= 0.6 is 0 Å². The average molecular weight is 264 g/mol. The van der Waals surface area contributed by atoms with Crippen LogP contribution in [0.4, 0.5) is 0 Å². The van der Waals surface area contributed by atoms with E-state index in [0.717, 1.165) is 31.0 Å². The van der Waals surface area contributed by atoms with E-state index in [1.807, 2.05) is 6.92 Å². The summed E-state index contributed by atoms with van der Waals surface area (Å²) in [5.74, 6) is 2.03.